The van der Waals surface area contributed by atoms with Crippen molar-refractivity contribution in [3.05, 3.63) is 33.8 Å². The quantitative estimate of drug-likeness (QED) is 0.776. The fourth-order valence-corrected chi connectivity index (χ4v) is 5.04. The van der Waals surface area contributed by atoms with Gasteiger partial charge in [-0.25, -0.2) is 0 Å². The Morgan fingerprint density at radius 3 is 2.75 bits per heavy atom. The molecule has 2 saturated carbocycles. The van der Waals surface area contributed by atoms with Crippen LogP contribution in [-0.4, -0.2) is 6.54 Å². The number of aryl methyl sites for hydroxylation is 1. The van der Waals surface area contributed by atoms with E-state index in [4.69, 9.17) is 0 Å². The molecule has 2 aliphatic rings. The maximum absolute atomic E-state index is 3.73. The normalized spacial score (nSPS) is 29.9. The van der Waals surface area contributed by atoms with Crippen molar-refractivity contribution in [3.63, 3.8) is 0 Å². The lowest BCUT2D eigenvalue weighted by atomic mass is 9.82. The van der Waals surface area contributed by atoms with Crippen LogP contribution in [0.3, 0.4) is 0 Å². The highest BCUT2D eigenvalue weighted by molar-refractivity contribution is 9.10. The van der Waals surface area contributed by atoms with Gasteiger partial charge in [0.2, 0.25) is 0 Å². The van der Waals surface area contributed by atoms with Crippen LogP contribution in [0.25, 0.3) is 0 Å². The molecule has 0 spiro atoms. The van der Waals surface area contributed by atoms with Crippen molar-refractivity contribution < 1.29 is 0 Å². The maximum Gasteiger partial charge on any atom is 0.0325 e. The summed E-state index contributed by atoms with van der Waals surface area (Å²) in [5.74, 6) is 3.04. The second kappa shape index (κ2) is 6.19. The molecule has 0 heterocycles. The van der Waals surface area contributed by atoms with Gasteiger partial charge < -0.3 is 5.32 Å². The van der Waals surface area contributed by atoms with Gasteiger partial charge in [-0.05, 0) is 80.2 Å². The molecule has 2 fully saturated rings. The average Bonchev–Trinajstić information content (AvgIpc) is 3.00. The topological polar surface area (TPSA) is 12.0 Å². The number of nitrogens with one attached hydrogen (secondary N) is 1. The van der Waals surface area contributed by atoms with Crippen LogP contribution >= 0.6 is 15.9 Å². The monoisotopic (exact) mass is 335 g/mol. The Morgan fingerprint density at radius 1 is 1.30 bits per heavy atom. The molecule has 2 bridgehead atoms. The highest BCUT2D eigenvalue weighted by atomic mass is 79.9. The minimum Gasteiger partial charge on any atom is -0.310 e. The number of hydrogen-bond acceptors (Lipinski definition) is 1. The Hall–Kier alpha value is -0.340. The van der Waals surface area contributed by atoms with Gasteiger partial charge in [-0.3, -0.25) is 0 Å². The smallest absolute Gasteiger partial charge is 0.0325 e. The number of hydrogen-bond donors (Lipinski definition) is 1. The lowest BCUT2D eigenvalue weighted by Crippen LogP contribution is -2.26. The zero-order chi connectivity index (χ0) is 14.1. The van der Waals surface area contributed by atoms with Gasteiger partial charge >= 0.3 is 0 Å². The minimum absolute atomic E-state index is 0.539. The molecule has 110 valence electrons. The van der Waals surface area contributed by atoms with Crippen LogP contribution in [0.2, 0.25) is 0 Å². The molecule has 1 aromatic carbocycles. The van der Waals surface area contributed by atoms with E-state index >= 15 is 0 Å². The fraction of sp³-hybridized carbons (Fsp3) is 0.667. The van der Waals surface area contributed by atoms with Crippen LogP contribution in [-0.2, 0) is 0 Å². The summed E-state index contributed by atoms with van der Waals surface area (Å²) in [5, 5.41) is 3.73. The van der Waals surface area contributed by atoms with Gasteiger partial charge in [-0.15, -0.1) is 0 Å². The number of halogens is 1. The van der Waals surface area contributed by atoms with Crippen LogP contribution in [0, 0.1) is 24.7 Å². The van der Waals surface area contributed by atoms with Crippen molar-refractivity contribution in [2.75, 3.05) is 6.54 Å². The summed E-state index contributed by atoms with van der Waals surface area (Å²) in [4.78, 5) is 0. The van der Waals surface area contributed by atoms with Crippen LogP contribution in [0.5, 0.6) is 0 Å². The Bertz CT molecular complexity index is 470. The van der Waals surface area contributed by atoms with Crippen molar-refractivity contribution in [1.29, 1.82) is 0 Å². The van der Waals surface area contributed by atoms with Gasteiger partial charge in [0.1, 0.15) is 0 Å². The van der Waals surface area contributed by atoms with Crippen molar-refractivity contribution in [3.8, 4) is 0 Å². The summed E-state index contributed by atoms with van der Waals surface area (Å²) in [6, 6.07) is 7.28. The summed E-state index contributed by atoms with van der Waals surface area (Å²) in [5.41, 5.74) is 2.91. The van der Waals surface area contributed by atoms with Gasteiger partial charge in [0.25, 0.3) is 0 Å². The van der Waals surface area contributed by atoms with Crippen molar-refractivity contribution >= 4 is 15.9 Å². The Balaban J connectivity index is 1.75. The summed E-state index contributed by atoms with van der Waals surface area (Å²) < 4.78 is 1.19. The number of rotatable bonds is 5. The summed E-state index contributed by atoms with van der Waals surface area (Å²) >= 11 is 3.58. The van der Waals surface area contributed by atoms with E-state index in [1.807, 2.05) is 0 Å². The Kier molecular flexibility index (Phi) is 4.52. The second-order valence-corrected chi connectivity index (χ2v) is 7.70. The molecule has 0 aromatic heterocycles. The SMILES string of the molecule is CCNC(CC1CC2CCC1C2)c1ccc(Br)cc1C. The fourth-order valence-electron chi connectivity index (χ4n) is 4.56. The van der Waals surface area contributed by atoms with E-state index in [9.17, 15) is 0 Å². The molecule has 3 rings (SSSR count). The predicted octanol–water partition coefficient (Wildman–Crippen LogP) is 5.23. The average molecular weight is 336 g/mol. The van der Waals surface area contributed by atoms with Gasteiger partial charge in [0, 0.05) is 10.5 Å². The highest BCUT2D eigenvalue weighted by Gasteiger charge is 2.40. The van der Waals surface area contributed by atoms with E-state index in [1.54, 1.807) is 0 Å². The molecule has 0 saturated heterocycles. The molecule has 1 nitrogen and oxygen atoms in total. The second-order valence-electron chi connectivity index (χ2n) is 6.78. The van der Waals surface area contributed by atoms with Crippen molar-refractivity contribution in [2.24, 2.45) is 17.8 Å². The summed E-state index contributed by atoms with van der Waals surface area (Å²) in [6.07, 6.45) is 7.33. The zero-order valence-corrected chi connectivity index (χ0v) is 14.2. The van der Waals surface area contributed by atoms with Crippen LogP contribution in [0.1, 0.15) is 56.2 Å². The molecule has 4 unspecified atom stereocenters. The zero-order valence-electron chi connectivity index (χ0n) is 12.7. The van der Waals surface area contributed by atoms with Crippen LogP contribution in [0.4, 0.5) is 0 Å². The maximum atomic E-state index is 3.73. The van der Waals surface area contributed by atoms with Crippen molar-refractivity contribution in [2.45, 2.75) is 52.0 Å². The van der Waals surface area contributed by atoms with Gasteiger partial charge in [-0.2, -0.15) is 0 Å². The molecule has 1 N–H and O–H groups in total. The first-order valence-corrected chi connectivity index (χ1v) is 8.96. The predicted molar refractivity (Wildman–Crippen MR) is 88.9 cm³/mol. The largest absolute Gasteiger partial charge is 0.310 e. The summed E-state index contributed by atoms with van der Waals surface area (Å²) in [7, 11) is 0. The molecule has 2 aliphatic carbocycles. The Morgan fingerprint density at radius 2 is 2.15 bits per heavy atom. The van der Waals surface area contributed by atoms with Gasteiger partial charge in [0.15, 0.2) is 0 Å². The minimum atomic E-state index is 0.539. The first kappa shape index (κ1) is 14.6. The molecule has 1 aromatic rings. The van der Waals surface area contributed by atoms with Crippen LogP contribution in [0.15, 0.2) is 22.7 Å². The first-order valence-electron chi connectivity index (χ1n) is 8.16. The molecule has 0 amide bonds. The molecular weight excluding hydrogens is 310 g/mol. The van der Waals surface area contributed by atoms with E-state index in [-0.39, 0.29) is 0 Å². The van der Waals surface area contributed by atoms with E-state index in [2.05, 4.69) is 53.3 Å². The highest BCUT2D eigenvalue weighted by Crippen LogP contribution is 2.51. The van der Waals surface area contributed by atoms with E-state index < -0.39 is 0 Å². The van der Waals surface area contributed by atoms with Crippen molar-refractivity contribution in [1.82, 2.24) is 5.32 Å². The van der Waals surface area contributed by atoms with Crippen LogP contribution < -0.4 is 5.32 Å². The molecule has 0 radical (unpaired) electrons. The standard InChI is InChI=1S/C18H26BrN/c1-3-20-18(17-7-6-16(19)8-12(17)2)11-15-10-13-4-5-14(15)9-13/h6-8,13-15,18,20H,3-5,9-11H2,1-2H3. The molecule has 4 atom stereocenters. The third-order valence-electron chi connectivity index (χ3n) is 5.48. The molecule has 0 aliphatic heterocycles. The third kappa shape index (κ3) is 2.96. The van der Waals surface area contributed by atoms with Gasteiger partial charge in [-0.1, -0.05) is 35.3 Å². The molecular formula is C18H26BrN. The summed E-state index contributed by atoms with van der Waals surface area (Å²) in [6.45, 7) is 5.52. The molecule has 2 heteroatoms. The number of fused-ring (bicyclic) bond motifs is 2. The number of benzene rings is 1. The van der Waals surface area contributed by atoms with E-state index in [0.717, 1.165) is 24.3 Å². The first-order chi connectivity index (χ1) is 9.67. The lowest BCUT2D eigenvalue weighted by molar-refractivity contribution is 0.280. The van der Waals surface area contributed by atoms with E-state index in [1.165, 1.54) is 47.7 Å². The van der Waals surface area contributed by atoms with E-state index in [0.29, 0.717) is 6.04 Å². The van der Waals surface area contributed by atoms with Gasteiger partial charge in [0.05, 0.1) is 0 Å². The lowest BCUT2D eigenvalue weighted by Gasteiger charge is -2.28. The third-order valence-corrected chi connectivity index (χ3v) is 5.97. The Labute approximate surface area is 131 Å². The molecule has 20 heavy (non-hydrogen) atoms.